The lowest BCUT2D eigenvalue weighted by molar-refractivity contribution is -0.117. The fourth-order valence-corrected chi connectivity index (χ4v) is 4.90. The van der Waals surface area contributed by atoms with E-state index in [9.17, 15) is 18.8 Å². The highest BCUT2D eigenvalue weighted by molar-refractivity contribution is 6.06. The number of aromatic nitrogens is 3. The molecule has 1 aliphatic heterocycles. The van der Waals surface area contributed by atoms with Gasteiger partial charge in [-0.3, -0.25) is 19.4 Å². The van der Waals surface area contributed by atoms with Crippen LogP contribution in [0.5, 0.6) is 0 Å². The van der Waals surface area contributed by atoms with Crippen molar-refractivity contribution in [3.8, 4) is 11.3 Å². The van der Waals surface area contributed by atoms with Crippen molar-refractivity contribution in [3.63, 3.8) is 0 Å². The van der Waals surface area contributed by atoms with E-state index in [1.165, 1.54) is 4.90 Å². The number of rotatable bonds is 6. The normalized spacial score (nSPS) is 18.1. The summed E-state index contributed by atoms with van der Waals surface area (Å²) in [6.07, 6.45) is 4.29. The Balaban J connectivity index is 1.37. The molecule has 4 aromatic rings. The number of nitrogens with one attached hydrogen (secondary N) is 2. The van der Waals surface area contributed by atoms with Gasteiger partial charge in [0.1, 0.15) is 12.0 Å². The number of benzene rings is 1. The molecule has 8 nitrogen and oxygen atoms in total. The standard InChI is InChI=1S/C29H24FN5O3/c30-22-14-20(22)28(37)34-25-13-19(8-11-32-25)27-21(12-17-4-2-1-3-5-17)26-23(33-27)15-35(16-24(26)36)29(38)18-6-9-31-10-7-18/h1-11,13,20,22,33H,12,14-16H2,(H,32,34,37)/t20-,22+/m1/s1. The van der Waals surface area contributed by atoms with Gasteiger partial charge in [0.15, 0.2) is 5.78 Å². The average Bonchev–Trinajstić information content (AvgIpc) is 3.57. The van der Waals surface area contributed by atoms with Crippen molar-refractivity contribution in [2.45, 2.75) is 25.6 Å². The maximum absolute atomic E-state index is 13.5. The highest BCUT2D eigenvalue weighted by atomic mass is 19.1. The molecule has 0 saturated heterocycles. The van der Waals surface area contributed by atoms with Gasteiger partial charge in [0, 0.05) is 47.4 Å². The number of fused-ring (bicyclic) bond motifs is 1. The molecule has 1 fully saturated rings. The zero-order chi connectivity index (χ0) is 26.2. The number of Topliss-reactive ketones (excluding diaryl/α,β-unsaturated/α-hetero) is 1. The van der Waals surface area contributed by atoms with Crippen LogP contribution in [0.25, 0.3) is 11.3 Å². The molecule has 2 atom stereocenters. The van der Waals surface area contributed by atoms with Gasteiger partial charge in [-0.15, -0.1) is 0 Å². The van der Waals surface area contributed by atoms with E-state index < -0.39 is 18.0 Å². The predicted octanol–water partition coefficient (Wildman–Crippen LogP) is 4.20. The van der Waals surface area contributed by atoms with Gasteiger partial charge in [0.25, 0.3) is 5.91 Å². The van der Waals surface area contributed by atoms with Gasteiger partial charge in [-0.25, -0.2) is 9.37 Å². The molecule has 190 valence electrons. The molecule has 6 rings (SSSR count). The minimum absolute atomic E-state index is 0.0311. The Labute approximate surface area is 217 Å². The van der Waals surface area contributed by atoms with Crippen LogP contribution in [0.4, 0.5) is 10.2 Å². The number of pyridine rings is 2. The van der Waals surface area contributed by atoms with Gasteiger partial charge in [-0.05, 0) is 41.8 Å². The van der Waals surface area contributed by atoms with E-state index in [0.29, 0.717) is 29.1 Å². The molecular weight excluding hydrogens is 485 g/mol. The summed E-state index contributed by atoms with van der Waals surface area (Å²) in [7, 11) is 0. The monoisotopic (exact) mass is 509 g/mol. The second-order valence-corrected chi connectivity index (χ2v) is 9.59. The van der Waals surface area contributed by atoms with Crippen LogP contribution in [-0.4, -0.2) is 50.2 Å². The molecular formula is C29H24FN5O3. The van der Waals surface area contributed by atoms with Crippen molar-refractivity contribution in [2.75, 3.05) is 11.9 Å². The molecule has 38 heavy (non-hydrogen) atoms. The van der Waals surface area contributed by atoms with E-state index in [-0.39, 0.29) is 31.2 Å². The summed E-state index contributed by atoms with van der Waals surface area (Å²) >= 11 is 0. The summed E-state index contributed by atoms with van der Waals surface area (Å²) < 4.78 is 13.3. The van der Waals surface area contributed by atoms with E-state index >= 15 is 0 Å². The quantitative estimate of drug-likeness (QED) is 0.405. The van der Waals surface area contributed by atoms with Crippen LogP contribution in [0.1, 0.15) is 44.0 Å². The minimum Gasteiger partial charge on any atom is -0.356 e. The third kappa shape index (κ3) is 4.58. The number of carbonyl (C=O) groups excluding carboxylic acids is 3. The van der Waals surface area contributed by atoms with Crippen molar-refractivity contribution in [1.82, 2.24) is 19.9 Å². The summed E-state index contributed by atoms with van der Waals surface area (Å²) in [5.41, 5.74) is 5.01. The fraction of sp³-hybridized carbons (Fsp3) is 0.207. The van der Waals surface area contributed by atoms with Gasteiger partial charge in [-0.1, -0.05) is 30.3 Å². The molecule has 0 spiro atoms. The number of carbonyl (C=O) groups is 3. The summed E-state index contributed by atoms with van der Waals surface area (Å²) in [6.45, 7) is 0.217. The number of hydrogen-bond acceptors (Lipinski definition) is 5. The maximum Gasteiger partial charge on any atom is 0.254 e. The minimum atomic E-state index is -1.10. The number of amides is 2. The number of alkyl halides is 1. The van der Waals surface area contributed by atoms with Crippen molar-refractivity contribution in [2.24, 2.45) is 5.92 Å². The first-order valence-electron chi connectivity index (χ1n) is 12.4. The Kier molecular flexibility index (Phi) is 6.03. The molecule has 1 aliphatic carbocycles. The second-order valence-electron chi connectivity index (χ2n) is 9.59. The first kappa shape index (κ1) is 23.7. The molecule has 9 heteroatoms. The van der Waals surface area contributed by atoms with Crippen molar-refractivity contribution in [1.29, 1.82) is 0 Å². The SMILES string of the molecule is O=C1CN(C(=O)c2ccncc2)Cc2[nH]c(-c3ccnc(NC(=O)[C@@H]4C[C@@H]4F)c3)c(Cc3ccccc3)c21. The first-order valence-corrected chi connectivity index (χ1v) is 12.4. The topological polar surface area (TPSA) is 108 Å². The van der Waals surface area contributed by atoms with Gasteiger partial charge in [-0.2, -0.15) is 0 Å². The average molecular weight is 510 g/mol. The summed E-state index contributed by atoms with van der Waals surface area (Å²) in [5.74, 6) is -1.10. The zero-order valence-electron chi connectivity index (χ0n) is 20.4. The molecule has 2 aliphatic rings. The van der Waals surface area contributed by atoms with E-state index in [0.717, 1.165) is 22.4 Å². The molecule has 1 aromatic carbocycles. The zero-order valence-corrected chi connectivity index (χ0v) is 20.4. The van der Waals surface area contributed by atoms with Crippen LogP contribution < -0.4 is 5.32 Å². The second kappa shape index (κ2) is 9.66. The maximum atomic E-state index is 13.5. The Morgan fingerprint density at radius 1 is 1.05 bits per heavy atom. The summed E-state index contributed by atoms with van der Waals surface area (Å²) in [5, 5.41) is 2.70. The molecule has 0 unspecified atom stereocenters. The summed E-state index contributed by atoms with van der Waals surface area (Å²) in [6, 6.07) is 16.6. The van der Waals surface area contributed by atoms with E-state index in [1.54, 1.807) is 42.9 Å². The van der Waals surface area contributed by atoms with Crippen LogP contribution in [-0.2, 0) is 17.8 Å². The lowest BCUT2D eigenvalue weighted by Gasteiger charge is -2.26. The highest BCUT2D eigenvalue weighted by Gasteiger charge is 2.43. The van der Waals surface area contributed by atoms with Crippen LogP contribution in [0.15, 0.2) is 73.2 Å². The molecule has 4 heterocycles. The van der Waals surface area contributed by atoms with Gasteiger partial charge < -0.3 is 15.2 Å². The number of halogens is 1. The van der Waals surface area contributed by atoms with Crippen molar-refractivity contribution < 1.29 is 18.8 Å². The Morgan fingerprint density at radius 2 is 1.82 bits per heavy atom. The van der Waals surface area contributed by atoms with Crippen LogP contribution >= 0.6 is 0 Å². The molecule has 0 radical (unpaired) electrons. The van der Waals surface area contributed by atoms with Crippen LogP contribution in [0.3, 0.4) is 0 Å². The number of H-pyrrole nitrogens is 1. The highest BCUT2D eigenvalue weighted by Crippen LogP contribution is 2.36. The van der Waals surface area contributed by atoms with E-state index in [4.69, 9.17) is 0 Å². The molecule has 2 amide bonds. The number of aromatic amines is 1. The number of nitrogens with zero attached hydrogens (tertiary/aromatic N) is 3. The number of anilines is 1. The molecule has 2 N–H and O–H groups in total. The molecule has 1 saturated carbocycles. The molecule has 3 aromatic heterocycles. The van der Waals surface area contributed by atoms with Gasteiger partial charge in [0.2, 0.25) is 5.91 Å². The van der Waals surface area contributed by atoms with E-state index in [2.05, 4.69) is 20.3 Å². The van der Waals surface area contributed by atoms with Crippen molar-refractivity contribution >= 4 is 23.4 Å². The third-order valence-corrected chi connectivity index (χ3v) is 6.93. The predicted molar refractivity (Wildman–Crippen MR) is 138 cm³/mol. The smallest absolute Gasteiger partial charge is 0.254 e. The van der Waals surface area contributed by atoms with Gasteiger partial charge in [0.05, 0.1) is 24.7 Å². The van der Waals surface area contributed by atoms with E-state index in [1.807, 2.05) is 30.3 Å². The third-order valence-electron chi connectivity index (χ3n) is 6.93. The van der Waals surface area contributed by atoms with Crippen molar-refractivity contribution in [3.05, 3.63) is 101 Å². The van der Waals surface area contributed by atoms with Gasteiger partial charge >= 0.3 is 0 Å². The lowest BCUT2D eigenvalue weighted by atomic mass is 9.93. The fourth-order valence-electron chi connectivity index (χ4n) is 4.90. The van der Waals surface area contributed by atoms with Crippen LogP contribution in [0.2, 0.25) is 0 Å². The largest absolute Gasteiger partial charge is 0.356 e. The molecule has 0 bridgehead atoms. The Morgan fingerprint density at radius 3 is 2.55 bits per heavy atom. The van der Waals surface area contributed by atoms with Crippen LogP contribution in [0, 0.1) is 5.92 Å². The number of hydrogen-bond donors (Lipinski definition) is 2. The number of ketones is 1. The Hall–Kier alpha value is -4.66. The Bertz CT molecular complexity index is 1540. The summed E-state index contributed by atoms with van der Waals surface area (Å²) in [4.78, 5) is 52.0. The first-order chi connectivity index (χ1) is 18.5. The lowest BCUT2D eigenvalue weighted by Crippen LogP contribution is -2.39.